The molecule has 0 bridgehead atoms. The Morgan fingerprint density at radius 3 is 2.42 bits per heavy atom. The third-order valence-corrected chi connectivity index (χ3v) is 11.8. The molecule has 0 atom stereocenters. The summed E-state index contributed by atoms with van der Waals surface area (Å²) in [6.07, 6.45) is 10.7. The number of amides is 2. The number of halogens is 1. The smallest absolute Gasteiger partial charge is 0.253 e. The molecule has 0 radical (unpaired) electrons. The van der Waals surface area contributed by atoms with Gasteiger partial charge in [0.2, 0.25) is 5.91 Å². The van der Waals surface area contributed by atoms with Gasteiger partial charge in [-0.2, -0.15) is 5.26 Å². The summed E-state index contributed by atoms with van der Waals surface area (Å²) in [5.74, 6) is 1.60. The van der Waals surface area contributed by atoms with Gasteiger partial charge in [-0.3, -0.25) is 29.2 Å². The zero-order valence-corrected chi connectivity index (χ0v) is 33.6. The van der Waals surface area contributed by atoms with E-state index in [1.54, 1.807) is 36.8 Å². The molecule has 2 aromatic heterocycles. The minimum absolute atomic E-state index is 0.138. The number of carbonyl (C=O) groups is 3. The van der Waals surface area contributed by atoms with E-state index in [0.717, 1.165) is 74.3 Å². The van der Waals surface area contributed by atoms with Crippen LogP contribution < -0.4 is 24.6 Å². The lowest BCUT2D eigenvalue weighted by Crippen LogP contribution is -2.74. The molecule has 12 nitrogen and oxygen atoms in total. The van der Waals surface area contributed by atoms with E-state index < -0.39 is 0 Å². The first kappa shape index (κ1) is 39.7. The normalized spacial score (nSPS) is 20.2. The van der Waals surface area contributed by atoms with Gasteiger partial charge in [0.15, 0.2) is 5.78 Å². The van der Waals surface area contributed by atoms with Gasteiger partial charge in [-0.1, -0.05) is 39.3 Å². The fourth-order valence-electron chi connectivity index (χ4n) is 8.69. The maximum absolute atomic E-state index is 13.4. The topological polar surface area (TPSA) is 141 Å². The molecule has 1 N–H and O–H groups in total. The average molecular weight is 790 g/mol. The van der Waals surface area contributed by atoms with Gasteiger partial charge in [0.1, 0.15) is 29.5 Å². The van der Waals surface area contributed by atoms with Gasteiger partial charge in [-0.05, 0) is 74.3 Å². The number of nitrogens with zero attached hydrogens (tertiary/aromatic N) is 6. The van der Waals surface area contributed by atoms with Crippen molar-refractivity contribution in [1.82, 2.24) is 20.2 Å². The van der Waals surface area contributed by atoms with Gasteiger partial charge in [0.05, 0.1) is 41.1 Å². The number of anilines is 2. The number of fused-ring (bicyclic) bond motifs is 1. The predicted molar refractivity (Wildman–Crippen MR) is 220 cm³/mol. The number of ketones is 1. The highest BCUT2D eigenvalue weighted by Crippen LogP contribution is 2.55. The molecule has 7 rings (SSSR count). The molecule has 2 aromatic carbocycles. The van der Waals surface area contributed by atoms with Crippen LogP contribution in [0.1, 0.15) is 69.3 Å². The number of hydrogen-bond acceptors (Lipinski definition) is 10. The summed E-state index contributed by atoms with van der Waals surface area (Å²) < 4.78 is 12.4. The van der Waals surface area contributed by atoms with Crippen LogP contribution in [0.25, 0.3) is 10.8 Å². The first-order valence-corrected chi connectivity index (χ1v) is 19.9. The molecule has 1 saturated heterocycles. The van der Waals surface area contributed by atoms with Gasteiger partial charge >= 0.3 is 0 Å². The highest BCUT2D eigenvalue weighted by atomic mass is 35.5. The summed E-state index contributed by atoms with van der Waals surface area (Å²) >= 11 is 6.24. The highest BCUT2D eigenvalue weighted by molar-refractivity contribution is 6.31. The maximum Gasteiger partial charge on any atom is 0.253 e. The van der Waals surface area contributed by atoms with Gasteiger partial charge in [-0.25, -0.2) is 4.98 Å². The Balaban J connectivity index is 0.815. The standard InChI is InChI=1S/C44H48ClN7O5/c1-43(2)41(44(3,4)42(43)57-34-10-8-29(25-46)36(45)24-34)49-40(55)30-9-13-38(48-27-30)51-19-17-50(18-20-51)15-6-5-7-21-56-33-11-12-35-31(22-33)26-47-28-37(35)52-16-14-32(53)23-39(52)54/h8-14,16,22,24,26-28,41-42H,5-7,15,17-21,23H2,1-4H3,(H,49,55). The molecule has 13 heteroatoms. The number of benzene rings is 2. The average Bonchev–Trinajstić information content (AvgIpc) is 3.20. The summed E-state index contributed by atoms with van der Waals surface area (Å²) in [6, 6.07) is 16.6. The second-order valence-corrected chi connectivity index (χ2v) is 16.6. The largest absolute Gasteiger partial charge is 0.494 e. The minimum atomic E-state index is -0.357. The Morgan fingerprint density at radius 2 is 1.72 bits per heavy atom. The monoisotopic (exact) mass is 789 g/mol. The third kappa shape index (κ3) is 8.46. The van der Waals surface area contributed by atoms with Gasteiger partial charge < -0.3 is 19.7 Å². The van der Waals surface area contributed by atoms with Crippen molar-refractivity contribution in [3.63, 3.8) is 0 Å². The van der Waals surface area contributed by atoms with Crippen LogP contribution in [-0.4, -0.2) is 83.9 Å². The summed E-state index contributed by atoms with van der Waals surface area (Å²) in [5, 5.41) is 14.5. The maximum atomic E-state index is 13.4. The Kier molecular flexibility index (Phi) is 11.5. The van der Waals surface area contributed by atoms with Crippen molar-refractivity contribution in [2.24, 2.45) is 10.8 Å². The number of ether oxygens (including phenoxy) is 2. The van der Waals surface area contributed by atoms with Crippen LogP contribution in [0.15, 0.2) is 79.4 Å². The minimum Gasteiger partial charge on any atom is -0.494 e. The number of pyridine rings is 2. The Bertz CT molecular complexity index is 2210. The van der Waals surface area contributed by atoms with E-state index in [1.807, 2.05) is 30.3 Å². The number of rotatable bonds is 13. The molecule has 1 saturated carbocycles. The number of nitriles is 1. The molecule has 4 heterocycles. The fourth-order valence-corrected chi connectivity index (χ4v) is 8.90. The molecule has 0 unspecified atom stereocenters. The second kappa shape index (κ2) is 16.5. The lowest BCUT2D eigenvalue weighted by molar-refractivity contribution is -0.164. The number of hydrogen-bond donors (Lipinski definition) is 1. The van der Waals surface area contributed by atoms with Crippen LogP contribution in [0.3, 0.4) is 0 Å². The van der Waals surface area contributed by atoms with E-state index >= 15 is 0 Å². The lowest BCUT2D eigenvalue weighted by atomic mass is 9.49. The van der Waals surface area contributed by atoms with Crippen molar-refractivity contribution in [2.75, 3.05) is 49.1 Å². The van der Waals surface area contributed by atoms with Crippen LogP contribution in [-0.2, 0) is 9.59 Å². The Morgan fingerprint density at radius 1 is 0.947 bits per heavy atom. The zero-order chi connectivity index (χ0) is 40.3. The molecular formula is C44H48ClN7O5. The third-order valence-electron chi connectivity index (χ3n) is 11.5. The van der Waals surface area contributed by atoms with E-state index in [0.29, 0.717) is 34.2 Å². The van der Waals surface area contributed by atoms with Crippen LogP contribution in [0, 0.1) is 22.2 Å². The first-order valence-electron chi connectivity index (χ1n) is 19.5. The van der Waals surface area contributed by atoms with E-state index in [4.69, 9.17) is 21.1 Å². The van der Waals surface area contributed by atoms with Crippen molar-refractivity contribution in [3.05, 3.63) is 95.5 Å². The number of unbranched alkanes of at least 4 members (excludes halogenated alkanes) is 2. The highest BCUT2D eigenvalue weighted by Gasteiger charge is 2.64. The van der Waals surface area contributed by atoms with Crippen molar-refractivity contribution in [2.45, 2.75) is 65.5 Å². The molecule has 57 heavy (non-hydrogen) atoms. The van der Waals surface area contributed by atoms with Gasteiger partial charge in [0, 0.05) is 78.5 Å². The number of aromatic nitrogens is 2. The molecule has 4 aromatic rings. The van der Waals surface area contributed by atoms with Crippen LogP contribution in [0.4, 0.5) is 11.5 Å². The molecule has 2 aliphatic heterocycles. The summed E-state index contributed by atoms with van der Waals surface area (Å²) in [5.41, 5.74) is 0.854. The molecular weight excluding hydrogens is 742 g/mol. The molecule has 0 spiro atoms. The summed E-state index contributed by atoms with van der Waals surface area (Å²) in [6.45, 7) is 13.6. The number of allylic oxidation sites excluding steroid dienone is 1. The van der Waals surface area contributed by atoms with E-state index in [1.165, 1.54) is 17.2 Å². The quantitative estimate of drug-likeness (QED) is 0.112. The molecule has 2 fully saturated rings. The van der Waals surface area contributed by atoms with Crippen molar-refractivity contribution in [3.8, 4) is 17.6 Å². The summed E-state index contributed by atoms with van der Waals surface area (Å²) in [4.78, 5) is 52.7. The van der Waals surface area contributed by atoms with E-state index in [2.05, 4.69) is 58.8 Å². The fraction of sp³-hybridized carbons (Fsp3) is 0.409. The molecule has 1 aliphatic carbocycles. The van der Waals surface area contributed by atoms with Gasteiger partial charge in [-0.15, -0.1) is 0 Å². The number of piperazine rings is 1. The first-order chi connectivity index (χ1) is 27.3. The van der Waals surface area contributed by atoms with Crippen molar-refractivity contribution in [1.29, 1.82) is 5.26 Å². The van der Waals surface area contributed by atoms with E-state index in [9.17, 15) is 19.6 Å². The number of carbonyl (C=O) groups excluding carboxylic acids is 3. The second-order valence-electron chi connectivity index (χ2n) is 16.2. The Hall–Kier alpha value is -5.51. The Labute approximate surface area is 338 Å². The van der Waals surface area contributed by atoms with Gasteiger partial charge in [0.25, 0.3) is 5.91 Å². The SMILES string of the molecule is CC1(C)C(NC(=O)c2ccc(N3CCN(CCCCCOc4ccc5c(N6C=CC(=O)CC6=O)cncc5c4)CC3)nc2)C(C)(C)C1Oc1ccc(C#N)c(Cl)c1. The van der Waals surface area contributed by atoms with Crippen LogP contribution >= 0.6 is 11.6 Å². The molecule has 2 amide bonds. The molecule has 3 aliphatic rings. The van der Waals surface area contributed by atoms with Crippen LogP contribution in [0.2, 0.25) is 5.02 Å². The van der Waals surface area contributed by atoms with Crippen molar-refractivity contribution < 1.29 is 23.9 Å². The zero-order valence-electron chi connectivity index (χ0n) is 32.8. The van der Waals surface area contributed by atoms with E-state index in [-0.39, 0.29) is 47.0 Å². The number of nitrogens with one attached hydrogen (secondary N) is 1. The molecule has 296 valence electrons. The predicted octanol–water partition coefficient (Wildman–Crippen LogP) is 6.96. The van der Waals surface area contributed by atoms with Crippen molar-refractivity contribution >= 4 is 51.5 Å². The lowest BCUT2D eigenvalue weighted by Gasteiger charge is -2.63. The summed E-state index contributed by atoms with van der Waals surface area (Å²) in [7, 11) is 0. The van der Waals surface area contributed by atoms with Crippen LogP contribution in [0.5, 0.6) is 11.5 Å².